The molecule has 0 aliphatic rings. The molecule has 0 radical (unpaired) electrons. The highest BCUT2D eigenvalue weighted by Crippen LogP contribution is 2.11. The minimum absolute atomic E-state index is 0.0710. The minimum Gasteiger partial charge on any atom is -0.482 e. The Morgan fingerprint density at radius 1 is 1.36 bits per heavy atom. The van der Waals surface area contributed by atoms with E-state index in [1.807, 2.05) is 12.1 Å². The van der Waals surface area contributed by atoms with E-state index >= 15 is 0 Å². The van der Waals surface area contributed by atoms with Crippen LogP contribution in [0.5, 0.6) is 5.75 Å². The predicted molar refractivity (Wildman–Crippen MR) is 51.8 cm³/mol. The van der Waals surface area contributed by atoms with Gasteiger partial charge in [-0.2, -0.15) is 0 Å². The molecule has 0 amide bonds. The van der Waals surface area contributed by atoms with Crippen molar-refractivity contribution < 1.29 is 14.3 Å². The third-order valence-electron chi connectivity index (χ3n) is 1.74. The second kappa shape index (κ2) is 5.24. The average molecular weight is 195 g/mol. The number of nitrogens with two attached hydrogens (primary N) is 1. The van der Waals surface area contributed by atoms with E-state index in [1.54, 1.807) is 12.1 Å². The van der Waals surface area contributed by atoms with Gasteiger partial charge in [-0.25, -0.2) is 4.79 Å². The predicted octanol–water partition coefficient (Wildman–Crippen LogP) is 0.697. The number of methoxy groups -OCH3 is 1. The fourth-order valence-corrected chi connectivity index (χ4v) is 0.923. The number of benzene rings is 1. The molecule has 0 fully saturated rings. The average Bonchev–Trinajstić information content (AvgIpc) is 2.26. The lowest BCUT2D eigenvalue weighted by Crippen LogP contribution is -2.12. The summed E-state index contributed by atoms with van der Waals surface area (Å²) in [6.07, 6.45) is 0. The van der Waals surface area contributed by atoms with Crippen LogP contribution in [0.1, 0.15) is 5.56 Å². The number of hydrogen-bond donors (Lipinski definition) is 1. The summed E-state index contributed by atoms with van der Waals surface area (Å²) >= 11 is 0. The van der Waals surface area contributed by atoms with E-state index in [9.17, 15) is 4.79 Å². The summed E-state index contributed by atoms with van der Waals surface area (Å²) in [5.41, 5.74) is 6.45. The molecule has 0 unspecified atom stereocenters. The lowest BCUT2D eigenvalue weighted by atomic mass is 10.2. The van der Waals surface area contributed by atoms with Crippen molar-refractivity contribution >= 4 is 5.97 Å². The van der Waals surface area contributed by atoms with E-state index in [-0.39, 0.29) is 6.61 Å². The molecule has 1 aromatic carbocycles. The molecule has 0 aliphatic heterocycles. The summed E-state index contributed by atoms with van der Waals surface area (Å²) in [6, 6.07) is 7.25. The number of hydrogen-bond acceptors (Lipinski definition) is 4. The smallest absolute Gasteiger partial charge is 0.343 e. The molecule has 0 aliphatic carbocycles. The lowest BCUT2D eigenvalue weighted by molar-refractivity contribution is -0.142. The molecule has 0 aromatic heterocycles. The molecule has 1 rings (SSSR count). The van der Waals surface area contributed by atoms with Crippen molar-refractivity contribution in [3.63, 3.8) is 0 Å². The topological polar surface area (TPSA) is 61.5 Å². The van der Waals surface area contributed by atoms with Crippen LogP contribution in [0, 0.1) is 0 Å². The number of carbonyl (C=O) groups excluding carboxylic acids is 1. The molecule has 0 saturated carbocycles. The summed E-state index contributed by atoms with van der Waals surface area (Å²) in [6.45, 7) is 0.426. The van der Waals surface area contributed by atoms with E-state index in [4.69, 9.17) is 10.5 Å². The summed E-state index contributed by atoms with van der Waals surface area (Å²) < 4.78 is 9.58. The number of ether oxygens (including phenoxy) is 2. The maximum Gasteiger partial charge on any atom is 0.343 e. The van der Waals surface area contributed by atoms with Gasteiger partial charge in [0, 0.05) is 6.54 Å². The van der Waals surface area contributed by atoms with Gasteiger partial charge in [0.25, 0.3) is 0 Å². The summed E-state index contributed by atoms with van der Waals surface area (Å²) in [5.74, 6) is 0.237. The Morgan fingerprint density at radius 3 is 2.50 bits per heavy atom. The largest absolute Gasteiger partial charge is 0.482 e. The Bertz CT molecular complexity index is 295. The first-order valence-corrected chi connectivity index (χ1v) is 4.25. The summed E-state index contributed by atoms with van der Waals surface area (Å²) in [7, 11) is 1.32. The lowest BCUT2D eigenvalue weighted by Gasteiger charge is -2.04. The van der Waals surface area contributed by atoms with Gasteiger partial charge in [-0.3, -0.25) is 0 Å². The van der Waals surface area contributed by atoms with Crippen molar-refractivity contribution in [2.24, 2.45) is 5.73 Å². The molecule has 0 heterocycles. The highest BCUT2D eigenvalue weighted by molar-refractivity contribution is 5.70. The van der Waals surface area contributed by atoms with Crippen molar-refractivity contribution in [1.82, 2.24) is 0 Å². The van der Waals surface area contributed by atoms with Gasteiger partial charge in [0.1, 0.15) is 5.75 Å². The van der Waals surface area contributed by atoms with Crippen molar-refractivity contribution in [3.05, 3.63) is 29.8 Å². The maximum absolute atomic E-state index is 10.7. The highest BCUT2D eigenvalue weighted by atomic mass is 16.6. The SMILES string of the molecule is COC(=O)COc1ccc(CN)cc1. The van der Waals surface area contributed by atoms with Gasteiger partial charge in [-0.15, -0.1) is 0 Å². The van der Waals surface area contributed by atoms with Crippen LogP contribution in [0.3, 0.4) is 0 Å². The van der Waals surface area contributed by atoms with Crippen LogP contribution >= 0.6 is 0 Å². The Kier molecular flexibility index (Phi) is 3.94. The second-order valence-corrected chi connectivity index (χ2v) is 2.71. The molecule has 0 saturated heterocycles. The first-order chi connectivity index (χ1) is 6.76. The molecule has 76 valence electrons. The summed E-state index contributed by atoms with van der Waals surface area (Å²) in [5, 5.41) is 0. The van der Waals surface area contributed by atoms with E-state index < -0.39 is 5.97 Å². The van der Waals surface area contributed by atoms with Gasteiger partial charge in [-0.05, 0) is 17.7 Å². The standard InChI is InChI=1S/C10H13NO3/c1-13-10(12)7-14-9-4-2-8(6-11)3-5-9/h2-5H,6-7,11H2,1H3. The van der Waals surface area contributed by atoms with E-state index in [0.717, 1.165) is 5.56 Å². The fourth-order valence-electron chi connectivity index (χ4n) is 0.923. The monoisotopic (exact) mass is 195 g/mol. The van der Waals surface area contributed by atoms with E-state index in [2.05, 4.69) is 4.74 Å². The zero-order chi connectivity index (χ0) is 10.4. The van der Waals surface area contributed by atoms with Crippen LogP contribution in [0.15, 0.2) is 24.3 Å². The molecule has 2 N–H and O–H groups in total. The zero-order valence-electron chi connectivity index (χ0n) is 8.03. The van der Waals surface area contributed by atoms with Gasteiger partial charge in [0.15, 0.2) is 6.61 Å². The Morgan fingerprint density at radius 2 is 2.00 bits per heavy atom. The first-order valence-electron chi connectivity index (χ1n) is 4.25. The molecule has 0 atom stereocenters. The molecule has 14 heavy (non-hydrogen) atoms. The van der Waals surface area contributed by atoms with Gasteiger partial charge < -0.3 is 15.2 Å². The van der Waals surface area contributed by atoms with Gasteiger partial charge >= 0.3 is 5.97 Å². The first kappa shape index (κ1) is 10.5. The zero-order valence-corrected chi connectivity index (χ0v) is 8.03. The minimum atomic E-state index is -0.395. The third-order valence-corrected chi connectivity index (χ3v) is 1.74. The molecule has 1 aromatic rings. The van der Waals surface area contributed by atoms with Crippen LogP contribution in [-0.2, 0) is 16.1 Å². The van der Waals surface area contributed by atoms with Gasteiger partial charge in [-0.1, -0.05) is 12.1 Å². The normalized spacial score (nSPS) is 9.57. The summed E-state index contributed by atoms with van der Waals surface area (Å²) in [4.78, 5) is 10.7. The van der Waals surface area contributed by atoms with Gasteiger partial charge in [0.05, 0.1) is 7.11 Å². The molecule has 0 spiro atoms. The van der Waals surface area contributed by atoms with Crippen LogP contribution in [0.2, 0.25) is 0 Å². The van der Waals surface area contributed by atoms with Crippen LogP contribution in [0.25, 0.3) is 0 Å². The molecular weight excluding hydrogens is 182 g/mol. The Labute approximate surface area is 82.6 Å². The van der Waals surface area contributed by atoms with Crippen LogP contribution in [0.4, 0.5) is 0 Å². The van der Waals surface area contributed by atoms with E-state index in [1.165, 1.54) is 7.11 Å². The highest BCUT2D eigenvalue weighted by Gasteiger charge is 2.00. The van der Waals surface area contributed by atoms with Crippen molar-refractivity contribution in [1.29, 1.82) is 0 Å². The van der Waals surface area contributed by atoms with Crippen molar-refractivity contribution in [2.45, 2.75) is 6.54 Å². The van der Waals surface area contributed by atoms with Gasteiger partial charge in [0.2, 0.25) is 0 Å². The van der Waals surface area contributed by atoms with E-state index in [0.29, 0.717) is 12.3 Å². The molecule has 4 nitrogen and oxygen atoms in total. The van der Waals surface area contributed by atoms with Crippen LogP contribution < -0.4 is 10.5 Å². The maximum atomic E-state index is 10.7. The third kappa shape index (κ3) is 3.06. The van der Waals surface area contributed by atoms with Crippen molar-refractivity contribution in [2.75, 3.05) is 13.7 Å². The fraction of sp³-hybridized carbons (Fsp3) is 0.300. The number of rotatable bonds is 4. The second-order valence-electron chi connectivity index (χ2n) is 2.71. The molecular formula is C10H13NO3. The number of esters is 1. The number of carbonyl (C=O) groups is 1. The van der Waals surface area contributed by atoms with Crippen LogP contribution in [-0.4, -0.2) is 19.7 Å². The Hall–Kier alpha value is -1.55. The van der Waals surface area contributed by atoms with Crippen molar-refractivity contribution in [3.8, 4) is 5.75 Å². The molecule has 4 heteroatoms. The molecule has 0 bridgehead atoms. The quantitative estimate of drug-likeness (QED) is 0.718. The Balaban J connectivity index is 2.47.